The van der Waals surface area contributed by atoms with Gasteiger partial charge in [-0.2, -0.15) is 18.2 Å². The number of aryl methyl sites for hydroxylation is 1. The van der Waals surface area contributed by atoms with Crippen LogP contribution in [0.15, 0.2) is 24.3 Å². The fourth-order valence-electron chi connectivity index (χ4n) is 2.25. The fraction of sp³-hybridized carbons (Fsp3) is 0.412. The highest BCUT2D eigenvalue weighted by atomic mass is 35.5. The highest BCUT2D eigenvalue weighted by molar-refractivity contribution is 6.33. The topological polar surface area (TPSA) is 53.1 Å². The first-order chi connectivity index (χ1) is 12.2. The molecular weight excluding hydrogens is 367 g/mol. The minimum absolute atomic E-state index is 0.0265. The maximum Gasteiger partial charge on any atom is 0.433 e. The first-order valence-corrected chi connectivity index (χ1v) is 8.41. The third-order valence-corrected chi connectivity index (χ3v) is 3.87. The van der Waals surface area contributed by atoms with E-state index in [1.54, 1.807) is 25.1 Å². The molecule has 0 unspecified atom stereocenters. The minimum Gasteiger partial charge on any atom is -0.354 e. The van der Waals surface area contributed by atoms with Crippen molar-refractivity contribution in [2.45, 2.75) is 19.5 Å². The summed E-state index contributed by atoms with van der Waals surface area (Å²) in [4.78, 5) is 9.70. The maximum atomic E-state index is 13.2. The molecule has 1 heterocycles. The van der Waals surface area contributed by atoms with E-state index < -0.39 is 11.9 Å². The summed E-state index contributed by atoms with van der Waals surface area (Å²) < 4.78 is 39.5. The van der Waals surface area contributed by atoms with Crippen LogP contribution in [-0.4, -0.2) is 42.1 Å². The maximum absolute atomic E-state index is 13.2. The summed E-state index contributed by atoms with van der Waals surface area (Å²) in [6.45, 7) is 3.07. The molecule has 0 fully saturated rings. The molecule has 2 aromatic rings. The number of hydrogen-bond acceptors (Lipinski definition) is 5. The van der Waals surface area contributed by atoms with E-state index in [1.807, 2.05) is 19.0 Å². The van der Waals surface area contributed by atoms with E-state index >= 15 is 0 Å². The van der Waals surface area contributed by atoms with Gasteiger partial charge < -0.3 is 15.5 Å². The molecule has 0 radical (unpaired) electrons. The number of benzene rings is 1. The Bertz CT molecular complexity index is 729. The van der Waals surface area contributed by atoms with Gasteiger partial charge in [0.15, 0.2) is 5.69 Å². The van der Waals surface area contributed by atoms with Gasteiger partial charge in [-0.25, -0.2) is 4.98 Å². The molecule has 142 valence electrons. The van der Waals surface area contributed by atoms with E-state index in [0.29, 0.717) is 17.3 Å². The van der Waals surface area contributed by atoms with Crippen molar-refractivity contribution in [2.75, 3.05) is 37.8 Å². The Morgan fingerprint density at radius 1 is 1.19 bits per heavy atom. The SMILES string of the molecule is Cc1cccc(Cl)c1Nc1cc(C(F)(F)F)nc(NCCCN(C)C)n1. The van der Waals surface area contributed by atoms with Crippen molar-refractivity contribution in [3.63, 3.8) is 0 Å². The van der Waals surface area contributed by atoms with Crippen molar-refractivity contribution in [3.05, 3.63) is 40.5 Å². The van der Waals surface area contributed by atoms with Crippen molar-refractivity contribution < 1.29 is 13.2 Å². The summed E-state index contributed by atoms with van der Waals surface area (Å²) >= 11 is 6.13. The predicted molar refractivity (Wildman–Crippen MR) is 98.2 cm³/mol. The number of aromatic nitrogens is 2. The van der Waals surface area contributed by atoms with Gasteiger partial charge in [-0.15, -0.1) is 0 Å². The molecule has 0 aliphatic rings. The third-order valence-electron chi connectivity index (χ3n) is 3.56. The third kappa shape index (κ3) is 5.74. The molecule has 0 saturated carbocycles. The van der Waals surface area contributed by atoms with Crippen LogP contribution >= 0.6 is 11.6 Å². The van der Waals surface area contributed by atoms with Gasteiger partial charge in [-0.05, 0) is 45.6 Å². The van der Waals surface area contributed by atoms with Crippen molar-refractivity contribution >= 4 is 29.1 Å². The molecule has 2 rings (SSSR count). The molecule has 5 nitrogen and oxygen atoms in total. The van der Waals surface area contributed by atoms with Gasteiger partial charge in [-0.1, -0.05) is 23.7 Å². The fourth-order valence-corrected chi connectivity index (χ4v) is 2.52. The van der Waals surface area contributed by atoms with E-state index in [2.05, 4.69) is 20.6 Å². The van der Waals surface area contributed by atoms with Crippen LogP contribution < -0.4 is 10.6 Å². The first-order valence-electron chi connectivity index (χ1n) is 8.04. The van der Waals surface area contributed by atoms with Gasteiger partial charge in [0.1, 0.15) is 5.82 Å². The molecule has 0 aliphatic carbocycles. The number of halogens is 4. The lowest BCUT2D eigenvalue weighted by Crippen LogP contribution is -2.18. The second-order valence-corrected chi connectivity index (χ2v) is 6.51. The van der Waals surface area contributed by atoms with Gasteiger partial charge in [0.25, 0.3) is 0 Å². The van der Waals surface area contributed by atoms with Crippen LogP contribution in [0, 0.1) is 6.92 Å². The lowest BCUT2D eigenvalue weighted by molar-refractivity contribution is -0.141. The Balaban J connectivity index is 2.26. The van der Waals surface area contributed by atoms with Crippen LogP contribution in [0.3, 0.4) is 0 Å². The zero-order valence-electron chi connectivity index (χ0n) is 14.8. The summed E-state index contributed by atoms with van der Waals surface area (Å²) in [6, 6.07) is 6.10. The lowest BCUT2D eigenvalue weighted by atomic mass is 10.2. The van der Waals surface area contributed by atoms with Crippen LogP contribution in [0.4, 0.5) is 30.6 Å². The van der Waals surface area contributed by atoms with Gasteiger partial charge in [-0.3, -0.25) is 0 Å². The molecular formula is C17H21ClF3N5. The molecule has 1 aromatic carbocycles. The van der Waals surface area contributed by atoms with Gasteiger partial charge in [0.2, 0.25) is 5.95 Å². The number of anilines is 3. The zero-order valence-corrected chi connectivity index (χ0v) is 15.5. The smallest absolute Gasteiger partial charge is 0.354 e. The quantitative estimate of drug-likeness (QED) is 0.682. The Morgan fingerprint density at radius 3 is 2.54 bits per heavy atom. The summed E-state index contributed by atoms with van der Waals surface area (Å²) in [5.74, 6) is -0.0515. The molecule has 0 bridgehead atoms. The van der Waals surface area contributed by atoms with E-state index in [-0.39, 0.29) is 11.8 Å². The van der Waals surface area contributed by atoms with E-state index in [1.165, 1.54) is 0 Å². The highest BCUT2D eigenvalue weighted by Crippen LogP contribution is 2.32. The standard InChI is InChI=1S/C17H21ClF3N5/c1-11-6-4-7-12(18)15(11)24-14-10-13(17(19,20)21)23-16(25-14)22-8-5-9-26(2)3/h4,6-7,10H,5,8-9H2,1-3H3,(H2,22,23,24,25). The molecule has 0 saturated heterocycles. The van der Waals surface area contributed by atoms with E-state index in [4.69, 9.17) is 11.6 Å². The Hall–Kier alpha value is -2.06. The summed E-state index contributed by atoms with van der Waals surface area (Å²) in [6.07, 6.45) is -3.83. The largest absolute Gasteiger partial charge is 0.433 e. The predicted octanol–water partition coefficient (Wildman–Crippen LogP) is 4.56. The second kappa shape index (κ2) is 8.55. The summed E-state index contributed by atoms with van der Waals surface area (Å²) in [7, 11) is 3.85. The molecule has 0 aliphatic heterocycles. The van der Waals surface area contributed by atoms with Crippen molar-refractivity contribution in [2.24, 2.45) is 0 Å². The van der Waals surface area contributed by atoms with Crippen LogP contribution in [0.2, 0.25) is 5.02 Å². The van der Waals surface area contributed by atoms with Crippen LogP contribution in [0.5, 0.6) is 0 Å². The van der Waals surface area contributed by atoms with Crippen molar-refractivity contribution in [1.29, 1.82) is 0 Å². The molecule has 9 heteroatoms. The van der Waals surface area contributed by atoms with Crippen molar-refractivity contribution in [1.82, 2.24) is 14.9 Å². The summed E-state index contributed by atoms with van der Waals surface area (Å²) in [5.41, 5.74) is 0.291. The molecule has 26 heavy (non-hydrogen) atoms. The first kappa shape index (κ1) is 20.3. The van der Waals surface area contributed by atoms with Gasteiger partial charge in [0.05, 0.1) is 10.7 Å². The number of nitrogens with zero attached hydrogens (tertiary/aromatic N) is 3. The number of nitrogens with one attached hydrogen (secondary N) is 2. The van der Waals surface area contributed by atoms with Crippen LogP contribution in [0.25, 0.3) is 0 Å². The average Bonchev–Trinajstić information content (AvgIpc) is 2.54. The van der Waals surface area contributed by atoms with Crippen LogP contribution in [-0.2, 0) is 6.18 Å². The van der Waals surface area contributed by atoms with E-state index in [0.717, 1.165) is 24.6 Å². The van der Waals surface area contributed by atoms with Gasteiger partial charge in [0, 0.05) is 12.6 Å². The zero-order chi connectivity index (χ0) is 19.3. The molecule has 0 amide bonds. The number of para-hydroxylation sites is 1. The Kier molecular flexibility index (Phi) is 6.66. The van der Waals surface area contributed by atoms with E-state index in [9.17, 15) is 13.2 Å². The molecule has 0 spiro atoms. The number of hydrogen-bond donors (Lipinski definition) is 2. The Labute approximate surface area is 155 Å². The normalized spacial score (nSPS) is 11.7. The van der Waals surface area contributed by atoms with Gasteiger partial charge >= 0.3 is 6.18 Å². The number of alkyl halides is 3. The lowest BCUT2D eigenvalue weighted by Gasteiger charge is -2.15. The highest BCUT2D eigenvalue weighted by Gasteiger charge is 2.33. The minimum atomic E-state index is -4.57. The van der Waals surface area contributed by atoms with Crippen molar-refractivity contribution in [3.8, 4) is 0 Å². The van der Waals surface area contributed by atoms with Crippen LogP contribution in [0.1, 0.15) is 17.7 Å². The molecule has 2 N–H and O–H groups in total. The monoisotopic (exact) mass is 387 g/mol. The number of rotatable bonds is 7. The molecule has 0 atom stereocenters. The average molecular weight is 388 g/mol. The Morgan fingerprint density at radius 2 is 1.92 bits per heavy atom. The second-order valence-electron chi connectivity index (χ2n) is 6.10. The summed E-state index contributed by atoms with van der Waals surface area (Å²) in [5, 5.41) is 6.12. The molecule has 1 aromatic heterocycles.